The van der Waals surface area contributed by atoms with Crippen LogP contribution in [0.3, 0.4) is 0 Å². The van der Waals surface area contributed by atoms with Crippen LogP contribution in [-0.4, -0.2) is 28.6 Å². The van der Waals surface area contributed by atoms with E-state index in [2.05, 4.69) is 40.2 Å². The highest BCUT2D eigenvalue weighted by molar-refractivity contribution is 5.94. The van der Waals surface area contributed by atoms with Gasteiger partial charge in [0.15, 0.2) is 0 Å². The van der Waals surface area contributed by atoms with Crippen LogP contribution in [0, 0.1) is 0 Å². The molecule has 0 aliphatic rings. The molecule has 0 bridgehead atoms. The molecule has 1 N–H and O–H groups in total. The molecule has 0 fully saturated rings. The van der Waals surface area contributed by atoms with Crippen LogP contribution in [0.15, 0.2) is 78.9 Å². The normalized spacial score (nSPS) is 10.9. The molecule has 0 aliphatic heterocycles. The summed E-state index contributed by atoms with van der Waals surface area (Å²) < 4.78 is 7.66. The summed E-state index contributed by atoms with van der Waals surface area (Å²) in [6.45, 7) is 3.75. The van der Waals surface area contributed by atoms with Gasteiger partial charge in [-0.2, -0.15) is 0 Å². The lowest BCUT2D eigenvalue weighted by Gasteiger charge is -2.11. The van der Waals surface area contributed by atoms with Crippen LogP contribution in [-0.2, 0) is 19.4 Å². The van der Waals surface area contributed by atoms with Crippen molar-refractivity contribution in [1.29, 1.82) is 0 Å². The number of fused-ring (bicyclic) bond motifs is 1. The SMILES string of the molecule is CCOc1ccc(C(=O)NCCn2c(CCc3ccccc3)nc3ccccc32)cc1. The smallest absolute Gasteiger partial charge is 0.251 e. The van der Waals surface area contributed by atoms with Gasteiger partial charge in [0.2, 0.25) is 0 Å². The van der Waals surface area contributed by atoms with Gasteiger partial charge in [0.05, 0.1) is 17.6 Å². The van der Waals surface area contributed by atoms with E-state index in [0.29, 0.717) is 25.3 Å². The summed E-state index contributed by atoms with van der Waals surface area (Å²) in [4.78, 5) is 17.4. The summed E-state index contributed by atoms with van der Waals surface area (Å²) in [6, 6.07) is 25.8. The van der Waals surface area contributed by atoms with E-state index in [1.165, 1.54) is 5.56 Å². The molecule has 0 saturated heterocycles. The number of carbonyl (C=O) groups excluding carboxylic acids is 1. The molecule has 0 aliphatic carbocycles. The number of nitrogens with zero attached hydrogens (tertiary/aromatic N) is 2. The first-order valence-electron chi connectivity index (χ1n) is 10.7. The van der Waals surface area contributed by atoms with Gasteiger partial charge in [-0.25, -0.2) is 4.98 Å². The van der Waals surface area contributed by atoms with Crippen molar-refractivity contribution in [2.24, 2.45) is 0 Å². The maximum atomic E-state index is 12.5. The Morgan fingerprint density at radius 3 is 2.45 bits per heavy atom. The largest absolute Gasteiger partial charge is 0.494 e. The number of nitrogens with one attached hydrogen (secondary N) is 1. The van der Waals surface area contributed by atoms with Crippen molar-refractivity contribution in [3.8, 4) is 5.75 Å². The van der Waals surface area contributed by atoms with E-state index < -0.39 is 0 Å². The molecule has 1 amide bonds. The zero-order valence-corrected chi connectivity index (χ0v) is 17.8. The minimum absolute atomic E-state index is 0.0849. The van der Waals surface area contributed by atoms with Gasteiger partial charge >= 0.3 is 0 Å². The summed E-state index contributed by atoms with van der Waals surface area (Å²) in [7, 11) is 0. The summed E-state index contributed by atoms with van der Waals surface area (Å²) in [5, 5.41) is 3.03. The molecule has 31 heavy (non-hydrogen) atoms. The van der Waals surface area contributed by atoms with Crippen LogP contribution in [0.5, 0.6) is 5.75 Å². The number of hydrogen-bond acceptors (Lipinski definition) is 3. The Kier molecular flexibility index (Phi) is 6.62. The first kappa shape index (κ1) is 20.7. The Hall–Kier alpha value is -3.60. The summed E-state index contributed by atoms with van der Waals surface area (Å²) in [5.41, 5.74) is 4.01. The highest BCUT2D eigenvalue weighted by atomic mass is 16.5. The molecule has 0 radical (unpaired) electrons. The van der Waals surface area contributed by atoms with Crippen LogP contribution < -0.4 is 10.1 Å². The molecule has 3 aromatic carbocycles. The fourth-order valence-corrected chi connectivity index (χ4v) is 3.72. The van der Waals surface area contributed by atoms with Gasteiger partial charge in [0.1, 0.15) is 11.6 Å². The predicted octanol–water partition coefficient (Wildman–Crippen LogP) is 4.65. The number of benzene rings is 3. The number of amides is 1. The summed E-state index contributed by atoms with van der Waals surface area (Å²) >= 11 is 0. The van der Waals surface area contributed by atoms with Crippen molar-refractivity contribution in [2.45, 2.75) is 26.3 Å². The number of rotatable bonds is 9. The first-order valence-corrected chi connectivity index (χ1v) is 10.7. The lowest BCUT2D eigenvalue weighted by atomic mass is 10.1. The molecular formula is C26H27N3O2. The Balaban J connectivity index is 1.42. The Morgan fingerprint density at radius 2 is 1.68 bits per heavy atom. The Morgan fingerprint density at radius 1 is 0.935 bits per heavy atom. The van der Waals surface area contributed by atoms with E-state index in [0.717, 1.165) is 35.4 Å². The third kappa shape index (κ3) is 5.12. The quantitative estimate of drug-likeness (QED) is 0.435. The minimum atomic E-state index is -0.0849. The molecule has 0 atom stereocenters. The van der Waals surface area contributed by atoms with Crippen molar-refractivity contribution < 1.29 is 9.53 Å². The van der Waals surface area contributed by atoms with Gasteiger partial charge in [-0.15, -0.1) is 0 Å². The number of aromatic nitrogens is 2. The summed E-state index contributed by atoms with van der Waals surface area (Å²) in [6.07, 6.45) is 1.79. The van der Waals surface area contributed by atoms with Crippen LogP contribution in [0.2, 0.25) is 0 Å². The fraction of sp³-hybridized carbons (Fsp3) is 0.231. The number of ether oxygens (including phenoxy) is 1. The second kappa shape index (κ2) is 9.94. The second-order valence-electron chi connectivity index (χ2n) is 7.37. The number of carbonyl (C=O) groups is 1. The maximum absolute atomic E-state index is 12.5. The molecular weight excluding hydrogens is 386 g/mol. The maximum Gasteiger partial charge on any atom is 0.251 e. The average molecular weight is 414 g/mol. The summed E-state index contributed by atoms with van der Waals surface area (Å²) in [5.74, 6) is 1.73. The molecule has 4 aromatic rings. The molecule has 0 saturated carbocycles. The van der Waals surface area contributed by atoms with E-state index in [-0.39, 0.29) is 5.91 Å². The van der Waals surface area contributed by atoms with Crippen molar-refractivity contribution in [2.75, 3.05) is 13.2 Å². The highest BCUT2D eigenvalue weighted by Crippen LogP contribution is 2.18. The highest BCUT2D eigenvalue weighted by Gasteiger charge is 2.11. The molecule has 1 aromatic heterocycles. The lowest BCUT2D eigenvalue weighted by molar-refractivity contribution is 0.0952. The molecule has 158 valence electrons. The number of aryl methyl sites for hydroxylation is 2. The van der Waals surface area contributed by atoms with Crippen LogP contribution in [0.1, 0.15) is 28.7 Å². The van der Waals surface area contributed by atoms with Gasteiger partial charge in [-0.1, -0.05) is 42.5 Å². The first-order chi connectivity index (χ1) is 15.2. The minimum Gasteiger partial charge on any atom is -0.494 e. The lowest BCUT2D eigenvalue weighted by Crippen LogP contribution is -2.27. The van der Waals surface area contributed by atoms with E-state index in [1.807, 2.05) is 43.3 Å². The molecule has 0 unspecified atom stereocenters. The molecule has 1 heterocycles. The van der Waals surface area contributed by atoms with Crippen molar-refractivity contribution in [3.05, 3.63) is 95.8 Å². The van der Waals surface area contributed by atoms with Gasteiger partial charge in [0, 0.05) is 25.1 Å². The van der Waals surface area contributed by atoms with Crippen LogP contribution in [0.25, 0.3) is 11.0 Å². The van der Waals surface area contributed by atoms with Crippen molar-refractivity contribution in [1.82, 2.24) is 14.9 Å². The fourth-order valence-electron chi connectivity index (χ4n) is 3.72. The van der Waals surface area contributed by atoms with Gasteiger partial charge in [-0.3, -0.25) is 4.79 Å². The molecule has 0 spiro atoms. The zero-order chi connectivity index (χ0) is 21.5. The molecule has 5 nitrogen and oxygen atoms in total. The number of para-hydroxylation sites is 2. The third-order valence-corrected chi connectivity index (χ3v) is 5.26. The topological polar surface area (TPSA) is 56.1 Å². The third-order valence-electron chi connectivity index (χ3n) is 5.26. The number of imidazole rings is 1. The van der Waals surface area contributed by atoms with Crippen molar-refractivity contribution in [3.63, 3.8) is 0 Å². The number of hydrogen-bond donors (Lipinski definition) is 1. The Bertz CT molecular complexity index is 1130. The molecule has 5 heteroatoms. The van der Waals surface area contributed by atoms with E-state index in [4.69, 9.17) is 9.72 Å². The van der Waals surface area contributed by atoms with E-state index in [9.17, 15) is 4.79 Å². The van der Waals surface area contributed by atoms with E-state index >= 15 is 0 Å². The predicted molar refractivity (Wildman–Crippen MR) is 124 cm³/mol. The molecule has 4 rings (SSSR count). The second-order valence-corrected chi connectivity index (χ2v) is 7.37. The van der Waals surface area contributed by atoms with Gasteiger partial charge in [-0.05, 0) is 55.3 Å². The van der Waals surface area contributed by atoms with Crippen molar-refractivity contribution >= 4 is 16.9 Å². The monoisotopic (exact) mass is 413 g/mol. The van der Waals surface area contributed by atoms with Crippen LogP contribution in [0.4, 0.5) is 0 Å². The Labute approximate surface area is 182 Å². The van der Waals surface area contributed by atoms with E-state index in [1.54, 1.807) is 12.1 Å². The zero-order valence-electron chi connectivity index (χ0n) is 17.8. The van der Waals surface area contributed by atoms with Crippen LogP contribution >= 0.6 is 0 Å². The standard InChI is InChI=1S/C26H27N3O2/c1-2-31-22-15-13-21(14-16-22)26(30)27-18-19-29-24-11-7-6-10-23(24)28-25(29)17-12-20-8-4-3-5-9-20/h3-11,13-16H,2,12,17-19H2,1H3,(H,27,30). The average Bonchev–Trinajstić information content (AvgIpc) is 3.16. The van der Waals surface area contributed by atoms with Gasteiger partial charge in [0.25, 0.3) is 5.91 Å². The van der Waals surface area contributed by atoms with Gasteiger partial charge < -0.3 is 14.6 Å².